The number of rotatable bonds is 7. The fourth-order valence-corrected chi connectivity index (χ4v) is 4.87. The number of aromatic nitrogens is 1. The van der Waals surface area contributed by atoms with Crippen LogP contribution in [0.4, 0.5) is 5.13 Å². The molecule has 2 aromatic carbocycles. The van der Waals surface area contributed by atoms with Crippen LogP contribution in [0.3, 0.4) is 0 Å². The fraction of sp³-hybridized carbons (Fsp3) is 0.333. The number of thiazole rings is 1. The maximum atomic E-state index is 12.7. The molecule has 0 aliphatic heterocycles. The number of carbonyl (C=O) groups excluding carboxylic acids is 1. The Bertz CT molecular complexity index is 1200. The molecule has 7 heteroatoms. The van der Waals surface area contributed by atoms with Crippen molar-refractivity contribution in [3.05, 3.63) is 70.1 Å². The molecular weight excluding hydrogens is 428 g/mol. The topological polar surface area (TPSA) is 76.1 Å². The van der Waals surface area contributed by atoms with Gasteiger partial charge in [-0.3, -0.25) is 10.1 Å². The third kappa shape index (κ3) is 6.02. The summed E-state index contributed by atoms with van der Waals surface area (Å²) in [6, 6.07) is 13.2. The minimum atomic E-state index is -3.17. The van der Waals surface area contributed by atoms with Gasteiger partial charge in [-0.1, -0.05) is 58.0 Å². The van der Waals surface area contributed by atoms with Crippen LogP contribution in [0.2, 0.25) is 0 Å². The average Bonchev–Trinajstić information content (AvgIpc) is 3.14. The molecule has 0 spiro atoms. The molecule has 0 unspecified atom stereocenters. The van der Waals surface area contributed by atoms with Gasteiger partial charge in [-0.25, -0.2) is 13.4 Å². The molecule has 5 nitrogen and oxygen atoms in total. The normalized spacial score (nSPS) is 11.8. The molecule has 0 atom stereocenters. The first-order chi connectivity index (χ1) is 14.5. The zero-order chi connectivity index (χ0) is 22.8. The molecule has 1 heterocycles. The first-order valence-electron chi connectivity index (χ1n) is 10.2. The highest BCUT2D eigenvalue weighted by Crippen LogP contribution is 2.33. The second kappa shape index (κ2) is 9.32. The van der Waals surface area contributed by atoms with E-state index in [1.807, 2.05) is 5.38 Å². The van der Waals surface area contributed by atoms with Gasteiger partial charge in [-0.15, -0.1) is 11.3 Å². The summed E-state index contributed by atoms with van der Waals surface area (Å²) < 4.78 is 23.1. The molecule has 31 heavy (non-hydrogen) atoms. The molecule has 1 aromatic heterocycles. The van der Waals surface area contributed by atoms with E-state index < -0.39 is 9.84 Å². The van der Waals surface area contributed by atoms with Gasteiger partial charge in [0.15, 0.2) is 15.0 Å². The van der Waals surface area contributed by atoms with Crippen LogP contribution in [0.15, 0.2) is 47.8 Å². The Hall–Kier alpha value is -2.51. The van der Waals surface area contributed by atoms with E-state index >= 15 is 0 Å². The van der Waals surface area contributed by atoms with Crippen LogP contribution in [-0.2, 0) is 15.6 Å². The molecular formula is C24H28N2O3S2. The summed E-state index contributed by atoms with van der Waals surface area (Å²) in [5, 5.41) is 5.30. The zero-order valence-corrected chi connectivity index (χ0v) is 20.1. The van der Waals surface area contributed by atoms with E-state index in [1.165, 1.54) is 28.7 Å². The SMILES string of the molecule is CC(C)c1ccc(-c2csc(NC(=O)c3cccc(CS(C)(=O)=O)c3)n2)c(C(C)C)c1. The maximum absolute atomic E-state index is 12.7. The molecule has 0 saturated heterocycles. The van der Waals surface area contributed by atoms with Crippen molar-refractivity contribution in [3.63, 3.8) is 0 Å². The van der Waals surface area contributed by atoms with E-state index in [1.54, 1.807) is 24.3 Å². The van der Waals surface area contributed by atoms with E-state index in [2.05, 4.69) is 56.2 Å². The van der Waals surface area contributed by atoms with Gasteiger partial charge in [0.2, 0.25) is 0 Å². The van der Waals surface area contributed by atoms with Crippen molar-refractivity contribution in [2.75, 3.05) is 11.6 Å². The lowest BCUT2D eigenvalue weighted by Crippen LogP contribution is -2.12. The molecule has 0 aliphatic rings. The molecule has 1 amide bonds. The van der Waals surface area contributed by atoms with Crippen LogP contribution < -0.4 is 5.32 Å². The number of carbonyl (C=O) groups is 1. The number of nitrogens with zero attached hydrogens (tertiary/aromatic N) is 1. The average molecular weight is 457 g/mol. The minimum Gasteiger partial charge on any atom is -0.298 e. The van der Waals surface area contributed by atoms with Crippen LogP contribution in [-0.4, -0.2) is 25.6 Å². The van der Waals surface area contributed by atoms with Crippen molar-refractivity contribution in [3.8, 4) is 11.3 Å². The number of hydrogen-bond acceptors (Lipinski definition) is 5. The smallest absolute Gasteiger partial charge is 0.257 e. The first kappa shape index (κ1) is 23.2. The summed E-state index contributed by atoms with van der Waals surface area (Å²) in [4.78, 5) is 17.3. The Morgan fingerprint density at radius 2 is 1.81 bits per heavy atom. The Morgan fingerprint density at radius 1 is 1.06 bits per heavy atom. The molecule has 0 fully saturated rings. The summed E-state index contributed by atoms with van der Waals surface area (Å²) in [7, 11) is -3.17. The quantitative estimate of drug-likeness (QED) is 0.483. The van der Waals surface area contributed by atoms with Crippen molar-refractivity contribution in [1.82, 2.24) is 4.98 Å². The van der Waals surface area contributed by atoms with Crippen LogP contribution in [0, 0.1) is 0 Å². The lowest BCUT2D eigenvalue weighted by molar-refractivity contribution is 0.102. The highest BCUT2D eigenvalue weighted by Gasteiger charge is 2.16. The number of amides is 1. The summed E-state index contributed by atoms with van der Waals surface area (Å²) in [6.45, 7) is 8.70. The lowest BCUT2D eigenvalue weighted by atomic mass is 9.90. The minimum absolute atomic E-state index is 0.0973. The summed E-state index contributed by atoms with van der Waals surface area (Å²) >= 11 is 1.37. The molecule has 0 radical (unpaired) electrons. The lowest BCUT2D eigenvalue weighted by Gasteiger charge is -2.15. The molecule has 164 valence electrons. The predicted molar refractivity (Wildman–Crippen MR) is 129 cm³/mol. The number of nitrogens with one attached hydrogen (secondary N) is 1. The van der Waals surface area contributed by atoms with Crippen molar-refractivity contribution >= 4 is 32.2 Å². The standard InChI is InChI=1S/C24H28N2O3S2/c1-15(2)18-9-10-20(21(12-18)16(3)4)22-13-30-24(25-22)26-23(27)19-8-6-7-17(11-19)14-31(5,28)29/h6-13,15-16H,14H2,1-5H3,(H,25,26,27). The monoisotopic (exact) mass is 456 g/mol. The number of benzene rings is 2. The van der Waals surface area contributed by atoms with Gasteiger partial charge in [-0.05, 0) is 40.7 Å². The molecule has 0 saturated carbocycles. The van der Waals surface area contributed by atoms with Gasteiger partial charge in [0.25, 0.3) is 5.91 Å². The number of anilines is 1. The van der Waals surface area contributed by atoms with Crippen molar-refractivity contribution in [2.24, 2.45) is 0 Å². The van der Waals surface area contributed by atoms with E-state index in [4.69, 9.17) is 0 Å². The van der Waals surface area contributed by atoms with E-state index in [-0.39, 0.29) is 11.7 Å². The largest absolute Gasteiger partial charge is 0.298 e. The van der Waals surface area contributed by atoms with Crippen LogP contribution >= 0.6 is 11.3 Å². The highest BCUT2D eigenvalue weighted by atomic mass is 32.2. The van der Waals surface area contributed by atoms with Gasteiger partial charge < -0.3 is 0 Å². The maximum Gasteiger partial charge on any atom is 0.257 e. The third-order valence-corrected chi connectivity index (χ3v) is 6.60. The zero-order valence-electron chi connectivity index (χ0n) is 18.5. The Balaban J connectivity index is 1.82. The Kier molecular flexibility index (Phi) is 6.96. The van der Waals surface area contributed by atoms with E-state index in [0.29, 0.717) is 28.1 Å². The fourth-order valence-electron chi connectivity index (χ4n) is 3.38. The molecule has 3 rings (SSSR count). The number of sulfone groups is 1. The van der Waals surface area contributed by atoms with Gasteiger partial charge in [0.05, 0.1) is 11.4 Å². The molecule has 3 aromatic rings. The van der Waals surface area contributed by atoms with E-state index in [0.717, 1.165) is 11.3 Å². The Morgan fingerprint density at radius 3 is 2.45 bits per heavy atom. The van der Waals surface area contributed by atoms with Crippen LogP contribution in [0.1, 0.15) is 66.6 Å². The van der Waals surface area contributed by atoms with Crippen LogP contribution in [0.5, 0.6) is 0 Å². The Labute approximate surface area is 188 Å². The summed E-state index contributed by atoms with van der Waals surface area (Å²) in [5.74, 6) is 0.400. The second-order valence-corrected chi connectivity index (χ2v) is 11.4. The highest BCUT2D eigenvalue weighted by molar-refractivity contribution is 7.89. The van der Waals surface area contributed by atoms with Crippen molar-refractivity contribution in [2.45, 2.75) is 45.3 Å². The van der Waals surface area contributed by atoms with Crippen LogP contribution in [0.25, 0.3) is 11.3 Å². The first-order valence-corrected chi connectivity index (χ1v) is 13.1. The third-order valence-electron chi connectivity index (χ3n) is 4.98. The van der Waals surface area contributed by atoms with Gasteiger partial charge in [-0.2, -0.15) is 0 Å². The second-order valence-electron chi connectivity index (χ2n) is 8.42. The molecule has 0 aliphatic carbocycles. The molecule has 1 N–H and O–H groups in total. The van der Waals surface area contributed by atoms with Crippen molar-refractivity contribution in [1.29, 1.82) is 0 Å². The summed E-state index contributed by atoms with van der Waals surface area (Å²) in [5.41, 5.74) is 5.44. The predicted octanol–water partition coefficient (Wildman–Crippen LogP) is 5.85. The van der Waals surface area contributed by atoms with Gasteiger partial charge >= 0.3 is 0 Å². The molecule has 0 bridgehead atoms. The summed E-state index contributed by atoms with van der Waals surface area (Å²) in [6.07, 6.45) is 1.18. The van der Waals surface area contributed by atoms with Gasteiger partial charge in [0, 0.05) is 22.8 Å². The van der Waals surface area contributed by atoms with Crippen molar-refractivity contribution < 1.29 is 13.2 Å². The van der Waals surface area contributed by atoms with E-state index in [9.17, 15) is 13.2 Å². The number of hydrogen-bond donors (Lipinski definition) is 1. The van der Waals surface area contributed by atoms with Gasteiger partial charge in [0.1, 0.15) is 0 Å².